The van der Waals surface area contributed by atoms with Crippen molar-refractivity contribution in [2.45, 2.75) is 0 Å². The predicted molar refractivity (Wildman–Crippen MR) is 87.7 cm³/mol. The van der Waals surface area contributed by atoms with Crippen LogP contribution in [0, 0.1) is 0 Å². The van der Waals surface area contributed by atoms with Crippen LogP contribution in [0.2, 0.25) is 0 Å². The van der Waals surface area contributed by atoms with Crippen LogP contribution in [0.5, 0.6) is 0 Å². The molecule has 0 spiro atoms. The van der Waals surface area contributed by atoms with Gasteiger partial charge in [-0.15, -0.1) is 0 Å². The van der Waals surface area contributed by atoms with Crippen molar-refractivity contribution in [1.82, 2.24) is 9.38 Å². The van der Waals surface area contributed by atoms with Gasteiger partial charge in [0, 0.05) is 23.2 Å². The molecule has 98 valence electrons. The number of aromatic nitrogens is 2. The zero-order chi connectivity index (χ0) is 13.8. The molecule has 0 aliphatic carbocycles. The third-order valence-electron chi connectivity index (χ3n) is 4.22. The highest BCUT2D eigenvalue weighted by Gasteiger charge is 2.09. The number of pyridine rings is 1. The second kappa shape index (κ2) is 3.83. The Kier molecular flexibility index (Phi) is 1.98. The summed E-state index contributed by atoms with van der Waals surface area (Å²) >= 11 is 0. The standard InChI is InChI=1S/C19H12N2/c1-2-6-14-12-18-17(11-13(14)5-1)15-7-3-4-8-16(15)19-20-9-10-21(18)19/h1-12H. The first-order valence-electron chi connectivity index (χ1n) is 7.08. The van der Waals surface area contributed by atoms with Crippen LogP contribution in [0.15, 0.2) is 73.1 Å². The Balaban J connectivity index is 2.18. The highest BCUT2D eigenvalue weighted by Crippen LogP contribution is 2.31. The molecule has 5 rings (SSSR count). The van der Waals surface area contributed by atoms with E-state index in [-0.39, 0.29) is 0 Å². The van der Waals surface area contributed by atoms with E-state index in [1.165, 1.54) is 32.4 Å². The van der Waals surface area contributed by atoms with Gasteiger partial charge in [-0.1, -0.05) is 48.5 Å². The number of hydrogen-bond donors (Lipinski definition) is 0. The molecule has 0 bridgehead atoms. The van der Waals surface area contributed by atoms with E-state index in [0.717, 1.165) is 5.65 Å². The Morgan fingerprint density at radius 3 is 2.29 bits per heavy atom. The Hall–Kier alpha value is -2.87. The molecular formula is C19H12N2. The highest BCUT2D eigenvalue weighted by molar-refractivity contribution is 6.14. The van der Waals surface area contributed by atoms with Gasteiger partial charge in [0.2, 0.25) is 0 Å². The molecule has 0 unspecified atom stereocenters. The van der Waals surface area contributed by atoms with Gasteiger partial charge in [0.25, 0.3) is 0 Å². The lowest BCUT2D eigenvalue weighted by Gasteiger charge is -2.09. The van der Waals surface area contributed by atoms with Crippen molar-refractivity contribution >= 4 is 38.1 Å². The molecule has 0 saturated heterocycles. The van der Waals surface area contributed by atoms with Crippen molar-refractivity contribution in [3.63, 3.8) is 0 Å². The summed E-state index contributed by atoms with van der Waals surface area (Å²) in [4.78, 5) is 4.54. The van der Waals surface area contributed by atoms with Gasteiger partial charge in [0.15, 0.2) is 0 Å². The van der Waals surface area contributed by atoms with E-state index in [0.29, 0.717) is 0 Å². The molecular weight excluding hydrogens is 256 g/mol. The number of benzene rings is 3. The number of rotatable bonds is 0. The molecule has 0 amide bonds. The largest absolute Gasteiger partial charge is 0.299 e. The van der Waals surface area contributed by atoms with E-state index >= 15 is 0 Å². The van der Waals surface area contributed by atoms with Gasteiger partial charge >= 0.3 is 0 Å². The predicted octanol–water partition coefficient (Wildman–Crippen LogP) is 4.79. The topological polar surface area (TPSA) is 17.3 Å². The van der Waals surface area contributed by atoms with E-state index in [1.807, 2.05) is 12.4 Å². The SMILES string of the molecule is c1ccc2cc3c(cc2c1)c1ccccc1c1nccn31. The van der Waals surface area contributed by atoms with E-state index in [9.17, 15) is 0 Å². The van der Waals surface area contributed by atoms with Gasteiger partial charge in [-0.2, -0.15) is 0 Å². The molecule has 0 aliphatic heterocycles. The highest BCUT2D eigenvalue weighted by atomic mass is 15.0. The van der Waals surface area contributed by atoms with Crippen molar-refractivity contribution in [2.24, 2.45) is 0 Å². The van der Waals surface area contributed by atoms with Gasteiger partial charge in [-0.25, -0.2) is 4.98 Å². The summed E-state index contributed by atoms with van der Waals surface area (Å²) < 4.78 is 2.18. The molecule has 5 aromatic rings. The minimum absolute atomic E-state index is 1.02. The van der Waals surface area contributed by atoms with Crippen LogP contribution >= 0.6 is 0 Å². The smallest absolute Gasteiger partial charge is 0.145 e. The summed E-state index contributed by atoms with van der Waals surface area (Å²) in [6.07, 6.45) is 3.91. The summed E-state index contributed by atoms with van der Waals surface area (Å²) in [5, 5.41) is 6.27. The third kappa shape index (κ3) is 1.39. The summed E-state index contributed by atoms with van der Waals surface area (Å²) in [6.45, 7) is 0. The molecule has 0 fully saturated rings. The van der Waals surface area contributed by atoms with Crippen molar-refractivity contribution in [1.29, 1.82) is 0 Å². The van der Waals surface area contributed by atoms with Crippen LogP contribution in [0.25, 0.3) is 38.1 Å². The fourth-order valence-corrected chi connectivity index (χ4v) is 3.25. The summed E-state index contributed by atoms with van der Waals surface area (Å²) in [5.74, 6) is 0. The van der Waals surface area contributed by atoms with Gasteiger partial charge < -0.3 is 0 Å². The molecule has 0 aliphatic rings. The summed E-state index contributed by atoms with van der Waals surface area (Å²) in [5.41, 5.74) is 2.23. The molecule has 0 saturated carbocycles. The fraction of sp³-hybridized carbons (Fsp3) is 0. The molecule has 0 N–H and O–H groups in total. The van der Waals surface area contributed by atoms with Crippen molar-refractivity contribution in [3.8, 4) is 0 Å². The Morgan fingerprint density at radius 1 is 0.714 bits per heavy atom. The van der Waals surface area contributed by atoms with Gasteiger partial charge in [-0.3, -0.25) is 4.40 Å². The zero-order valence-electron chi connectivity index (χ0n) is 11.3. The molecule has 0 radical (unpaired) electrons. The van der Waals surface area contributed by atoms with Crippen molar-refractivity contribution in [3.05, 3.63) is 73.1 Å². The number of fused-ring (bicyclic) bond motifs is 7. The monoisotopic (exact) mass is 268 g/mol. The maximum absolute atomic E-state index is 4.54. The van der Waals surface area contributed by atoms with Crippen LogP contribution in [0.4, 0.5) is 0 Å². The lowest BCUT2D eigenvalue weighted by molar-refractivity contribution is 1.27. The second-order valence-corrected chi connectivity index (χ2v) is 5.38. The van der Waals surface area contributed by atoms with Crippen LogP contribution < -0.4 is 0 Å². The summed E-state index contributed by atoms with van der Waals surface area (Å²) in [7, 11) is 0. The normalized spacial score (nSPS) is 11.8. The van der Waals surface area contributed by atoms with Crippen LogP contribution in [0.1, 0.15) is 0 Å². The lowest BCUT2D eigenvalue weighted by Crippen LogP contribution is -1.90. The minimum Gasteiger partial charge on any atom is -0.299 e. The van der Waals surface area contributed by atoms with E-state index in [4.69, 9.17) is 0 Å². The molecule has 0 atom stereocenters. The Bertz CT molecular complexity index is 1140. The maximum Gasteiger partial charge on any atom is 0.145 e. The van der Waals surface area contributed by atoms with Crippen LogP contribution in [0.3, 0.4) is 0 Å². The molecule has 2 heterocycles. The first kappa shape index (κ1) is 10.9. The van der Waals surface area contributed by atoms with Crippen LogP contribution in [-0.4, -0.2) is 9.38 Å². The lowest BCUT2D eigenvalue weighted by atomic mass is 10.0. The Morgan fingerprint density at radius 2 is 1.43 bits per heavy atom. The molecule has 2 nitrogen and oxygen atoms in total. The van der Waals surface area contributed by atoms with Gasteiger partial charge in [0.05, 0.1) is 5.52 Å². The average Bonchev–Trinajstić information content (AvgIpc) is 3.03. The van der Waals surface area contributed by atoms with E-state index in [1.54, 1.807) is 0 Å². The van der Waals surface area contributed by atoms with E-state index < -0.39 is 0 Å². The van der Waals surface area contributed by atoms with Crippen molar-refractivity contribution < 1.29 is 0 Å². The van der Waals surface area contributed by atoms with Gasteiger partial charge in [0.1, 0.15) is 5.65 Å². The van der Waals surface area contributed by atoms with E-state index in [2.05, 4.69) is 70.0 Å². The van der Waals surface area contributed by atoms with Crippen molar-refractivity contribution in [2.75, 3.05) is 0 Å². The number of imidazole rings is 1. The van der Waals surface area contributed by atoms with Gasteiger partial charge in [-0.05, 0) is 28.3 Å². The average molecular weight is 268 g/mol. The summed E-state index contributed by atoms with van der Waals surface area (Å²) in [6, 6.07) is 21.5. The first-order valence-corrected chi connectivity index (χ1v) is 7.08. The zero-order valence-corrected chi connectivity index (χ0v) is 11.3. The maximum atomic E-state index is 4.54. The minimum atomic E-state index is 1.02. The molecule has 2 aromatic heterocycles. The molecule has 21 heavy (non-hydrogen) atoms. The number of hydrogen-bond acceptors (Lipinski definition) is 1. The second-order valence-electron chi connectivity index (χ2n) is 5.38. The first-order chi connectivity index (χ1) is 10.4. The number of nitrogens with zero attached hydrogens (tertiary/aromatic N) is 2. The van der Waals surface area contributed by atoms with Crippen LogP contribution in [-0.2, 0) is 0 Å². The third-order valence-corrected chi connectivity index (χ3v) is 4.22. The Labute approximate surface area is 121 Å². The molecule has 3 aromatic carbocycles. The fourth-order valence-electron chi connectivity index (χ4n) is 3.25. The molecule has 2 heteroatoms. The quantitative estimate of drug-likeness (QED) is 0.291.